The van der Waals surface area contributed by atoms with Gasteiger partial charge in [-0.15, -0.1) is 0 Å². The second-order valence-corrected chi connectivity index (χ2v) is 9.29. The summed E-state index contributed by atoms with van der Waals surface area (Å²) >= 11 is 0. The standard InChI is InChI=1S/C24H18F2N2O4S/c1-33(30,31)21-11-5-16(6-12-21)22-14-27-28(19-9-7-17(25)8-10-19)24(29)23(22)15-32-20-4-2-3-18(26)13-20/h2-14H,15H2,1H3. The molecule has 168 valence electrons. The van der Waals surface area contributed by atoms with E-state index in [2.05, 4.69) is 5.10 Å². The van der Waals surface area contributed by atoms with E-state index in [-0.39, 0.29) is 22.8 Å². The van der Waals surface area contributed by atoms with Crippen molar-refractivity contribution < 1.29 is 21.9 Å². The van der Waals surface area contributed by atoms with Gasteiger partial charge in [-0.25, -0.2) is 17.2 Å². The van der Waals surface area contributed by atoms with E-state index in [4.69, 9.17) is 4.74 Å². The molecule has 1 aromatic heterocycles. The lowest BCUT2D eigenvalue weighted by Crippen LogP contribution is -2.26. The van der Waals surface area contributed by atoms with Gasteiger partial charge in [0.25, 0.3) is 5.56 Å². The lowest BCUT2D eigenvalue weighted by atomic mass is 10.0. The Bertz CT molecular complexity index is 1470. The maximum absolute atomic E-state index is 13.5. The van der Waals surface area contributed by atoms with Gasteiger partial charge >= 0.3 is 0 Å². The van der Waals surface area contributed by atoms with Crippen LogP contribution in [-0.4, -0.2) is 24.5 Å². The summed E-state index contributed by atoms with van der Waals surface area (Å²) in [4.78, 5) is 13.5. The van der Waals surface area contributed by atoms with Gasteiger partial charge in [-0.1, -0.05) is 18.2 Å². The number of hydrogen-bond acceptors (Lipinski definition) is 5. The quantitative estimate of drug-likeness (QED) is 0.425. The molecule has 0 saturated carbocycles. The Hall–Kier alpha value is -3.85. The predicted molar refractivity (Wildman–Crippen MR) is 119 cm³/mol. The van der Waals surface area contributed by atoms with Crippen molar-refractivity contribution in [2.24, 2.45) is 0 Å². The molecular formula is C24H18F2N2O4S. The number of sulfone groups is 1. The van der Waals surface area contributed by atoms with Crippen LogP contribution >= 0.6 is 0 Å². The van der Waals surface area contributed by atoms with Crippen LogP contribution in [0, 0.1) is 11.6 Å². The van der Waals surface area contributed by atoms with Gasteiger partial charge in [0.1, 0.15) is 24.0 Å². The first kappa shape index (κ1) is 22.3. The highest BCUT2D eigenvalue weighted by molar-refractivity contribution is 7.90. The smallest absolute Gasteiger partial charge is 0.278 e. The van der Waals surface area contributed by atoms with Crippen molar-refractivity contribution in [3.63, 3.8) is 0 Å². The highest BCUT2D eigenvalue weighted by Gasteiger charge is 2.16. The molecule has 33 heavy (non-hydrogen) atoms. The third-order valence-corrected chi connectivity index (χ3v) is 6.05. The molecule has 0 aliphatic rings. The predicted octanol–water partition coefficient (Wildman–Crippen LogP) is 4.16. The van der Waals surface area contributed by atoms with Crippen molar-refractivity contribution in [2.45, 2.75) is 11.5 Å². The van der Waals surface area contributed by atoms with E-state index in [1.165, 1.54) is 60.8 Å². The first-order valence-electron chi connectivity index (χ1n) is 9.78. The molecule has 0 saturated heterocycles. The zero-order valence-electron chi connectivity index (χ0n) is 17.4. The molecule has 6 nitrogen and oxygen atoms in total. The molecule has 4 rings (SSSR count). The van der Waals surface area contributed by atoms with E-state index < -0.39 is 27.0 Å². The molecule has 4 aromatic rings. The van der Waals surface area contributed by atoms with Crippen LogP contribution in [0.2, 0.25) is 0 Å². The Kier molecular flexibility index (Phi) is 6.06. The number of hydrogen-bond donors (Lipinski definition) is 0. The largest absolute Gasteiger partial charge is 0.489 e. The lowest BCUT2D eigenvalue weighted by Gasteiger charge is -2.14. The summed E-state index contributed by atoms with van der Waals surface area (Å²) in [6.45, 7) is -0.199. The highest BCUT2D eigenvalue weighted by atomic mass is 32.2. The fraction of sp³-hybridized carbons (Fsp3) is 0.0833. The highest BCUT2D eigenvalue weighted by Crippen LogP contribution is 2.25. The van der Waals surface area contributed by atoms with E-state index in [0.29, 0.717) is 16.8 Å². The van der Waals surface area contributed by atoms with Gasteiger partial charge < -0.3 is 4.74 Å². The van der Waals surface area contributed by atoms with Crippen LogP contribution in [0.25, 0.3) is 16.8 Å². The minimum atomic E-state index is -3.39. The number of halogens is 2. The van der Waals surface area contributed by atoms with Crippen molar-refractivity contribution in [3.8, 4) is 22.6 Å². The number of nitrogens with zero attached hydrogens (tertiary/aromatic N) is 2. The zero-order valence-corrected chi connectivity index (χ0v) is 18.2. The Balaban J connectivity index is 1.80. The third-order valence-electron chi connectivity index (χ3n) is 4.92. The monoisotopic (exact) mass is 468 g/mol. The average molecular weight is 468 g/mol. The van der Waals surface area contributed by atoms with Crippen molar-refractivity contribution in [1.82, 2.24) is 9.78 Å². The van der Waals surface area contributed by atoms with Gasteiger partial charge in [0.15, 0.2) is 9.84 Å². The van der Waals surface area contributed by atoms with Gasteiger partial charge in [0.2, 0.25) is 0 Å². The van der Waals surface area contributed by atoms with Crippen molar-refractivity contribution >= 4 is 9.84 Å². The van der Waals surface area contributed by atoms with Gasteiger partial charge in [0, 0.05) is 17.9 Å². The SMILES string of the molecule is CS(=O)(=O)c1ccc(-c2cnn(-c3ccc(F)cc3)c(=O)c2COc2cccc(F)c2)cc1. The summed E-state index contributed by atoms with van der Waals surface area (Å²) in [5, 5.41) is 4.20. The average Bonchev–Trinajstić information content (AvgIpc) is 2.78. The summed E-state index contributed by atoms with van der Waals surface area (Å²) in [5.74, 6) is -0.704. The van der Waals surface area contributed by atoms with E-state index >= 15 is 0 Å². The summed E-state index contributed by atoms with van der Waals surface area (Å²) in [5.41, 5.74) is 1.03. The van der Waals surface area contributed by atoms with Crippen LogP contribution in [0.3, 0.4) is 0 Å². The second kappa shape index (κ2) is 8.95. The first-order valence-corrected chi connectivity index (χ1v) is 11.7. The van der Waals surface area contributed by atoms with Crippen LogP contribution in [0.15, 0.2) is 88.7 Å². The molecule has 0 aliphatic carbocycles. The molecule has 0 aliphatic heterocycles. The molecule has 0 unspecified atom stereocenters. The summed E-state index contributed by atoms with van der Waals surface area (Å²) in [7, 11) is -3.39. The molecule has 3 aromatic carbocycles. The summed E-state index contributed by atoms with van der Waals surface area (Å²) in [6, 6.07) is 16.8. The maximum Gasteiger partial charge on any atom is 0.278 e. The Morgan fingerprint density at radius 2 is 1.64 bits per heavy atom. The Labute approximate surface area is 188 Å². The summed E-state index contributed by atoms with van der Waals surface area (Å²) < 4.78 is 57.2. The molecule has 0 bridgehead atoms. The molecule has 0 amide bonds. The van der Waals surface area contributed by atoms with Gasteiger partial charge in [-0.05, 0) is 54.1 Å². The number of ether oxygens (including phenoxy) is 1. The topological polar surface area (TPSA) is 78.3 Å². The molecule has 0 atom stereocenters. The van der Waals surface area contributed by atoms with E-state index in [1.807, 2.05) is 0 Å². The molecule has 0 fully saturated rings. The molecule has 0 radical (unpaired) electrons. The lowest BCUT2D eigenvalue weighted by molar-refractivity contribution is 0.302. The molecule has 0 N–H and O–H groups in total. The van der Waals surface area contributed by atoms with Crippen molar-refractivity contribution in [2.75, 3.05) is 6.26 Å². The van der Waals surface area contributed by atoms with Crippen LogP contribution in [0.5, 0.6) is 5.75 Å². The zero-order chi connectivity index (χ0) is 23.6. The van der Waals surface area contributed by atoms with Crippen LogP contribution in [-0.2, 0) is 16.4 Å². The van der Waals surface area contributed by atoms with Gasteiger partial charge in [0.05, 0.1) is 22.3 Å². The Morgan fingerprint density at radius 3 is 2.27 bits per heavy atom. The van der Waals surface area contributed by atoms with Crippen molar-refractivity contribution in [1.29, 1.82) is 0 Å². The van der Waals surface area contributed by atoms with Gasteiger partial charge in [-0.3, -0.25) is 4.79 Å². The van der Waals surface area contributed by atoms with E-state index in [0.717, 1.165) is 10.9 Å². The van der Waals surface area contributed by atoms with Crippen molar-refractivity contribution in [3.05, 3.63) is 107 Å². The maximum atomic E-state index is 13.5. The molecule has 0 spiro atoms. The fourth-order valence-electron chi connectivity index (χ4n) is 3.24. The number of aromatic nitrogens is 2. The van der Waals surface area contributed by atoms with Crippen LogP contribution < -0.4 is 10.3 Å². The second-order valence-electron chi connectivity index (χ2n) is 7.27. The fourth-order valence-corrected chi connectivity index (χ4v) is 3.87. The number of benzene rings is 3. The van der Waals surface area contributed by atoms with Gasteiger partial charge in [-0.2, -0.15) is 9.78 Å². The summed E-state index contributed by atoms with van der Waals surface area (Å²) in [6.07, 6.45) is 2.55. The van der Waals surface area contributed by atoms with Crippen LogP contribution in [0.1, 0.15) is 5.56 Å². The molecular weight excluding hydrogens is 450 g/mol. The molecule has 1 heterocycles. The minimum Gasteiger partial charge on any atom is -0.489 e. The van der Waals surface area contributed by atoms with E-state index in [9.17, 15) is 22.0 Å². The van der Waals surface area contributed by atoms with E-state index in [1.54, 1.807) is 18.2 Å². The first-order chi connectivity index (χ1) is 15.7. The Morgan fingerprint density at radius 1 is 0.939 bits per heavy atom. The number of rotatable bonds is 6. The third kappa shape index (κ3) is 4.98. The minimum absolute atomic E-state index is 0.136. The molecule has 9 heteroatoms. The normalized spacial score (nSPS) is 11.4. The van der Waals surface area contributed by atoms with Crippen LogP contribution in [0.4, 0.5) is 8.78 Å².